The number of fused-ring (bicyclic) bond motifs is 1. The van der Waals surface area contributed by atoms with Crippen molar-refractivity contribution in [3.05, 3.63) is 78.0 Å². The van der Waals surface area contributed by atoms with Crippen LogP contribution in [0.5, 0.6) is 5.75 Å². The number of β-amino-alcohol motifs (C(OH)–C–C–N with tert-alkyl or cyclic N) is 1. The summed E-state index contributed by atoms with van der Waals surface area (Å²) in [6.07, 6.45) is -10.7. The average molecular weight is 497 g/mol. The van der Waals surface area contributed by atoms with Crippen molar-refractivity contribution in [2.45, 2.75) is 24.5 Å². The van der Waals surface area contributed by atoms with Gasteiger partial charge in [0.25, 0.3) is 0 Å². The number of aromatic nitrogens is 1. The quantitative estimate of drug-likeness (QED) is 0.457. The van der Waals surface area contributed by atoms with Crippen molar-refractivity contribution in [3.63, 3.8) is 0 Å². The predicted molar refractivity (Wildman–Crippen MR) is 118 cm³/mol. The Morgan fingerprint density at radius 2 is 1.71 bits per heavy atom. The second kappa shape index (κ2) is 9.29. The minimum Gasteiger partial charge on any atom is -0.493 e. The molecule has 0 bridgehead atoms. The van der Waals surface area contributed by atoms with Crippen LogP contribution in [0.3, 0.4) is 0 Å². The van der Waals surface area contributed by atoms with Crippen molar-refractivity contribution in [2.24, 2.45) is 0 Å². The van der Waals surface area contributed by atoms with Gasteiger partial charge in [-0.15, -0.1) is 0 Å². The van der Waals surface area contributed by atoms with Crippen molar-refractivity contribution in [1.29, 1.82) is 0 Å². The molecule has 0 saturated heterocycles. The Kier molecular flexibility index (Phi) is 6.54. The smallest absolute Gasteiger partial charge is 0.416 e. The minimum absolute atomic E-state index is 0.0454. The van der Waals surface area contributed by atoms with E-state index in [1.165, 1.54) is 30.3 Å². The van der Waals surface area contributed by atoms with E-state index in [0.717, 1.165) is 12.1 Å². The highest BCUT2D eigenvalue weighted by Crippen LogP contribution is 2.46. The van der Waals surface area contributed by atoms with Crippen LogP contribution in [0.25, 0.3) is 0 Å². The van der Waals surface area contributed by atoms with Crippen LogP contribution < -0.4 is 14.5 Å². The van der Waals surface area contributed by atoms with Gasteiger partial charge in [0.15, 0.2) is 17.7 Å². The van der Waals surface area contributed by atoms with Crippen LogP contribution in [0.2, 0.25) is 0 Å². The van der Waals surface area contributed by atoms with Crippen molar-refractivity contribution in [2.75, 3.05) is 30.0 Å². The van der Waals surface area contributed by atoms with Gasteiger partial charge in [0, 0.05) is 12.7 Å². The predicted octanol–water partition coefficient (Wildman–Crippen LogP) is 5.73. The van der Waals surface area contributed by atoms with Gasteiger partial charge in [-0.1, -0.05) is 24.3 Å². The van der Waals surface area contributed by atoms with E-state index in [-0.39, 0.29) is 12.1 Å². The average Bonchev–Trinajstić information content (AvgIpc) is 2.83. The number of hydrogen-bond donors (Lipinski definition) is 1. The molecule has 0 spiro atoms. The SMILES string of the molecule is COc1cccnc1N1CC(c2cccc(C(F)(F)F)c2)N(CC(O)C(F)(F)F)c2ccccc21. The molecule has 11 heteroatoms. The van der Waals surface area contributed by atoms with Gasteiger partial charge in [-0.2, -0.15) is 26.3 Å². The number of pyridine rings is 1. The summed E-state index contributed by atoms with van der Waals surface area (Å²) < 4.78 is 85.6. The van der Waals surface area contributed by atoms with E-state index < -0.39 is 36.6 Å². The van der Waals surface area contributed by atoms with E-state index in [9.17, 15) is 31.4 Å². The van der Waals surface area contributed by atoms with Crippen molar-refractivity contribution in [3.8, 4) is 5.75 Å². The van der Waals surface area contributed by atoms with Crippen LogP contribution in [-0.4, -0.2) is 42.6 Å². The molecule has 1 aliphatic heterocycles. The number of ether oxygens (including phenoxy) is 1. The zero-order chi connectivity index (χ0) is 25.4. The summed E-state index contributed by atoms with van der Waals surface area (Å²) in [5.74, 6) is 0.740. The Labute approximate surface area is 197 Å². The maximum absolute atomic E-state index is 13.4. The molecule has 35 heavy (non-hydrogen) atoms. The number of benzene rings is 2. The third-order valence-corrected chi connectivity index (χ3v) is 5.79. The molecule has 2 heterocycles. The van der Waals surface area contributed by atoms with E-state index >= 15 is 0 Å². The highest BCUT2D eigenvalue weighted by Gasteiger charge is 2.43. The number of para-hydroxylation sites is 2. The Bertz CT molecular complexity index is 1180. The van der Waals surface area contributed by atoms with Crippen LogP contribution in [0.15, 0.2) is 66.9 Å². The first-order valence-corrected chi connectivity index (χ1v) is 10.5. The molecule has 1 aliphatic rings. The Hall–Kier alpha value is -3.47. The maximum Gasteiger partial charge on any atom is 0.416 e. The molecule has 0 aliphatic carbocycles. The molecule has 3 aromatic rings. The first kappa shape index (κ1) is 24.6. The summed E-state index contributed by atoms with van der Waals surface area (Å²) in [7, 11) is 1.44. The standard InChI is InChI=1S/C24H21F6N3O2/c1-35-20-10-5-11-31-22(20)33-13-19(15-6-4-7-16(12-15)23(25,26)27)32(14-21(34)24(28,29)30)17-8-2-3-9-18(17)33/h2-12,19,21,34H,13-14H2,1H3. The molecule has 0 radical (unpaired) electrons. The minimum atomic E-state index is -4.91. The molecular weight excluding hydrogens is 476 g/mol. The molecule has 1 aromatic heterocycles. The monoisotopic (exact) mass is 497 g/mol. The largest absolute Gasteiger partial charge is 0.493 e. The van der Waals surface area contributed by atoms with E-state index in [2.05, 4.69) is 4.98 Å². The molecule has 2 atom stereocenters. The number of aliphatic hydroxyl groups is 1. The third-order valence-electron chi connectivity index (χ3n) is 5.79. The normalized spacial score (nSPS) is 17.2. The second-order valence-corrected chi connectivity index (χ2v) is 7.98. The Morgan fingerprint density at radius 1 is 1.00 bits per heavy atom. The van der Waals surface area contributed by atoms with Gasteiger partial charge in [-0.05, 0) is 42.0 Å². The van der Waals surface area contributed by atoms with Crippen LogP contribution >= 0.6 is 0 Å². The molecule has 2 unspecified atom stereocenters. The van der Waals surface area contributed by atoms with Crippen LogP contribution in [0.4, 0.5) is 43.5 Å². The van der Waals surface area contributed by atoms with E-state index in [1.807, 2.05) is 0 Å². The molecule has 186 valence electrons. The first-order chi connectivity index (χ1) is 16.5. The molecule has 5 nitrogen and oxygen atoms in total. The fraction of sp³-hybridized carbons (Fsp3) is 0.292. The molecule has 1 N–H and O–H groups in total. The number of anilines is 3. The number of hydrogen-bond acceptors (Lipinski definition) is 5. The summed E-state index contributed by atoms with van der Waals surface area (Å²) in [5, 5.41) is 9.88. The summed E-state index contributed by atoms with van der Waals surface area (Å²) in [4.78, 5) is 7.33. The number of methoxy groups -OCH3 is 1. The zero-order valence-corrected chi connectivity index (χ0v) is 18.4. The summed E-state index contributed by atoms with van der Waals surface area (Å²) in [6.45, 7) is -0.912. The third kappa shape index (κ3) is 5.00. The van der Waals surface area contributed by atoms with Gasteiger partial charge in [0.2, 0.25) is 0 Å². The fourth-order valence-corrected chi connectivity index (χ4v) is 4.14. The lowest BCUT2D eigenvalue weighted by Crippen LogP contribution is -2.48. The molecule has 4 rings (SSSR count). The Balaban J connectivity index is 1.88. The van der Waals surface area contributed by atoms with Gasteiger partial charge in [-0.3, -0.25) is 0 Å². The van der Waals surface area contributed by atoms with E-state index in [0.29, 0.717) is 22.9 Å². The maximum atomic E-state index is 13.4. The van der Waals surface area contributed by atoms with Gasteiger partial charge >= 0.3 is 12.4 Å². The van der Waals surface area contributed by atoms with Crippen LogP contribution in [0, 0.1) is 0 Å². The molecule has 2 aromatic carbocycles. The van der Waals surface area contributed by atoms with E-state index in [1.54, 1.807) is 41.3 Å². The lowest BCUT2D eigenvalue weighted by molar-refractivity contribution is -0.200. The van der Waals surface area contributed by atoms with Crippen LogP contribution in [-0.2, 0) is 6.18 Å². The van der Waals surface area contributed by atoms with Gasteiger partial charge in [0.1, 0.15) is 0 Å². The number of alkyl halides is 6. The van der Waals surface area contributed by atoms with Gasteiger partial charge < -0.3 is 19.6 Å². The Morgan fingerprint density at radius 3 is 2.37 bits per heavy atom. The summed E-state index contributed by atoms with van der Waals surface area (Å²) >= 11 is 0. The number of rotatable bonds is 5. The zero-order valence-electron chi connectivity index (χ0n) is 18.4. The van der Waals surface area contributed by atoms with Crippen molar-refractivity contribution < 1.29 is 36.2 Å². The first-order valence-electron chi connectivity index (χ1n) is 10.5. The highest BCUT2D eigenvalue weighted by molar-refractivity contribution is 5.81. The lowest BCUT2D eigenvalue weighted by Gasteiger charge is -2.45. The number of nitrogens with zero attached hydrogens (tertiary/aromatic N) is 3. The number of halogens is 6. The lowest BCUT2D eigenvalue weighted by atomic mass is 9.97. The van der Waals surface area contributed by atoms with E-state index in [4.69, 9.17) is 4.74 Å². The van der Waals surface area contributed by atoms with Crippen molar-refractivity contribution in [1.82, 2.24) is 4.98 Å². The van der Waals surface area contributed by atoms with Crippen molar-refractivity contribution >= 4 is 17.2 Å². The molecular formula is C24H21F6N3O2. The highest BCUT2D eigenvalue weighted by atomic mass is 19.4. The molecule has 0 saturated carbocycles. The molecule has 0 amide bonds. The summed E-state index contributed by atoms with van der Waals surface area (Å²) in [6, 6.07) is 13.3. The van der Waals surface area contributed by atoms with Crippen LogP contribution in [0.1, 0.15) is 17.2 Å². The summed E-state index contributed by atoms with van der Waals surface area (Å²) in [5.41, 5.74) is -0.00462. The van der Waals surface area contributed by atoms with Gasteiger partial charge in [-0.25, -0.2) is 4.98 Å². The molecule has 0 fully saturated rings. The number of aliphatic hydroxyl groups excluding tert-OH is 1. The topological polar surface area (TPSA) is 48.8 Å². The fourth-order valence-electron chi connectivity index (χ4n) is 4.14. The van der Waals surface area contributed by atoms with Gasteiger partial charge in [0.05, 0.1) is 36.6 Å². The second-order valence-electron chi connectivity index (χ2n) is 7.98.